The zero-order valence-corrected chi connectivity index (χ0v) is 11.7. The highest BCUT2D eigenvalue weighted by atomic mass is 35.5. The van der Waals surface area contributed by atoms with Crippen LogP contribution in [0.15, 0.2) is 30.6 Å². The normalized spacial score (nSPS) is 10.3. The molecule has 2 rings (SSSR count). The van der Waals surface area contributed by atoms with Crippen LogP contribution in [0, 0.1) is 6.92 Å². The first kappa shape index (κ1) is 13.8. The Morgan fingerprint density at radius 3 is 2.58 bits per heavy atom. The van der Waals surface area contributed by atoms with Gasteiger partial charge in [0.15, 0.2) is 10.3 Å². The minimum Gasteiger partial charge on any atom is -0.321 e. The Labute approximate surface area is 120 Å². The van der Waals surface area contributed by atoms with Crippen molar-refractivity contribution in [2.75, 3.05) is 5.32 Å². The van der Waals surface area contributed by atoms with Crippen molar-refractivity contribution in [1.29, 1.82) is 0 Å². The van der Waals surface area contributed by atoms with Gasteiger partial charge in [-0.15, -0.1) is 0 Å². The summed E-state index contributed by atoms with van der Waals surface area (Å²) in [6.45, 7) is 1.97. The molecule has 1 aromatic heterocycles. The lowest BCUT2D eigenvalue weighted by Crippen LogP contribution is -2.15. The molecule has 0 saturated carbocycles. The van der Waals surface area contributed by atoms with Crippen LogP contribution < -0.4 is 5.32 Å². The molecule has 0 aliphatic heterocycles. The summed E-state index contributed by atoms with van der Waals surface area (Å²) in [5, 5.41) is 2.86. The molecular formula is C13H11Cl2N3O. The molecule has 1 heterocycles. The van der Waals surface area contributed by atoms with E-state index in [0.717, 1.165) is 11.1 Å². The summed E-state index contributed by atoms with van der Waals surface area (Å²) >= 11 is 11.7. The number of aromatic nitrogens is 2. The van der Waals surface area contributed by atoms with E-state index in [0.29, 0.717) is 0 Å². The zero-order valence-electron chi connectivity index (χ0n) is 10.2. The molecule has 0 bridgehead atoms. The van der Waals surface area contributed by atoms with Crippen LogP contribution in [-0.2, 0) is 11.2 Å². The number of benzene rings is 1. The summed E-state index contributed by atoms with van der Waals surface area (Å²) in [6, 6.07) is 7.71. The Balaban J connectivity index is 2.10. The van der Waals surface area contributed by atoms with Gasteiger partial charge in [0.05, 0.1) is 6.42 Å². The van der Waals surface area contributed by atoms with Crippen molar-refractivity contribution in [2.24, 2.45) is 0 Å². The molecule has 0 saturated heterocycles. The molecular weight excluding hydrogens is 285 g/mol. The fourth-order valence-electron chi connectivity index (χ4n) is 1.64. The first-order valence-electron chi connectivity index (χ1n) is 5.57. The molecule has 6 heteroatoms. The fourth-order valence-corrected chi connectivity index (χ4v) is 2.05. The molecule has 0 spiro atoms. The number of rotatable bonds is 3. The van der Waals surface area contributed by atoms with Crippen LogP contribution in [0.4, 0.5) is 5.69 Å². The van der Waals surface area contributed by atoms with Gasteiger partial charge in [0.1, 0.15) is 12.0 Å². The number of aryl methyl sites for hydroxylation is 1. The van der Waals surface area contributed by atoms with Crippen molar-refractivity contribution in [3.63, 3.8) is 0 Å². The minimum atomic E-state index is -0.218. The number of nitrogens with one attached hydrogen (secondary N) is 1. The highest BCUT2D eigenvalue weighted by Gasteiger charge is 2.12. The van der Waals surface area contributed by atoms with Crippen molar-refractivity contribution < 1.29 is 4.79 Å². The molecule has 4 nitrogen and oxygen atoms in total. The van der Waals surface area contributed by atoms with E-state index >= 15 is 0 Å². The van der Waals surface area contributed by atoms with Gasteiger partial charge >= 0.3 is 0 Å². The van der Waals surface area contributed by atoms with Crippen molar-refractivity contribution in [3.8, 4) is 0 Å². The van der Waals surface area contributed by atoms with Gasteiger partial charge in [-0.3, -0.25) is 4.79 Å². The number of halogens is 2. The standard InChI is InChI=1S/C13H11Cl2N3O/c1-8-3-2-4-9(5-8)6-10(19)18-11-12(14)16-7-17-13(11)15/h2-5,7H,6H2,1H3,(H,18,19). The van der Waals surface area contributed by atoms with Gasteiger partial charge in [-0.25, -0.2) is 9.97 Å². The van der Waals surface area contributed by atoms with E-state index in [9.17, 15) is 4.79 Å². The number of carbonyl (C=O) groups is 1. The number of nitrogens with zero attached hydrogens (tertiary/aromatic N) is 2. The molecule has 0 radical (unpaired) electrons. The molecule has 98 valence electrons. The maximum atomic E-state index is 11.9. The van der Waals surface area contributed by atoms with Crippen LogP contribution in [0.5, 0.6) is 0 Å². The lowest BCUT2D eigenvalue weighted by molar-refractivity contribution is -0.115. The molecule has 2 aromatic rings. The van der Waals surface area contributed by atoms with Crippen molar-refractivity contribution >= 4 is 34.8 Å². The van der Waals surface area contributed by atoms with Crippen molar-refractivity contribution in [3.05, 3.63) is 52.0 Å². The van der Waals surface area contributed by atoms with Gasteiger partial charge in [0.25, 0.3) is 0 Å². The Bertz CT molecular complexity index is 596. The van der Waals surface area contributed by atoms with E-state index in [4.69, 9.17) is 23.2 Å². The first-order chi connectivity index (χ1) is 9.06. The maximum absolute atomic E-state index is 11.9. The second-order valence-corrected chi connectivity index (χ2v) is 4.76. The third kappa shape index (κ3) is 3.66. The summed E-state index contributed by atoms with van der Waals surface area (Å²) in [5.74, 6) is -0.218. The van der Waals surface area contributed by atoms with E-state index in [2.05, 4.69) is 15.3 Å². The molecule has 1 aromatic carbocycles. The molecule has 19 heavy (non-hydrogen) atoms. The molecule has 0 unspecified atom stereocenters. The fraction of sp³-hybridized carbons (Fsp3) is 0.154. The largest absolute Gasteiger partial charge is 0.321 e. The van der Waals surface area contributed by atoms with Gasteiger partial charge in [0, 0.05) is 0 Å². The van der Waals surface area contributed by atoms with E-state index < -0.39 is 0 Å². The second kappa shape index (κ2) is 5.99. The summed E-state index contributed by atoms with van der Waals surface area (Å²) in [6.07, 6.45) is 1.48. The summed E-state index contributed by atoms with van der Waals surface area (Å²) in [4.78, 5) is 19.5. The Morgan fingerprint density at radius 1 is 1.26 bits per heavy atom. The average Bonchev–Trinajstić information content (AvgIpc) is 2.34. The smallest absolute Gasteiger partial charge is 0.228 e. The predicted octanol–water partition coefficient (Wildman–Crippen LogP) is 3.27. The Hall–Kier alpha value is -1.65. The number of hydrogen-bond acceptors (Lipinski definition) is 3. The van der Waals surface area contributed by atoms with E-state index in [1.54, 1.807) is 0 Å². The van der Waals surface area contributed by atoms with Crippen LogP contribution in [0.3, 0.4) is 0 Å². The zero-order chi connectivity index (χ0) is 13.8. The van der Waals surface area contributed by atoms with Crippen molar-refractivity contribution in [1.82, 2.24) is 9.97 Å². The summed E-state index contributed by atoms with van der Waals surface area (Å²) < 4.78 is 0. The van der Waals surface area contributed by atoms with Gasteiger partial charge in [-0.2, -0.15) is 0 Å². The van der Waals surface area contributed by atoms with E-state index in [1.807, 2.05) is 31.2 Å². The van der Waals surface area contributed by atoms with Crippen molar-refractivity contribution in [2.45, 2.75) is 13.3 Å². The molecule has 1 N–H and O–H groups in total. The number of carbonyl (C=O) groups excluding carboxylic acids is 1. The van der Waals surface area contributed by atoms with Crippen LogP contribution in [0.2, 0.25) is 10.3 Å². The van der Waals surface area contributed by atoms with Crippen LogP contribution in [-0.4, -0.2) is 15.9 Å². The number of hydrogen-bond donors (Lipinski definition) is 1. The molecule has 0 aliphatic carbocycles. The van der Waals surface area contributed by atoms with Gasteiger partial charge in [-0.1, -0.05) is 53.0 Å². The van der Waals surface area contributed by atoms with Gasteiger partial charge in [-0.05, 0) is 12.5 Å². The predicted molar refractivity (Wildman–Crippen MR) is 75.6 cm³/mol. The summed E-state index contributed by atoms with van der Waals surface area (Å²) in [7, 11) is 0. The average molecular weight is 296 g/mol. The Morgan fingerprint density at radius 2 is 1.95 bits per heavy atom. The van der Waals surface area contributed by atoms with Crippen LogP contribution in [0.25, 0.3) is 0 Å². The number of amides is 1. The summed E-state index contributed by atoms with van der Waals surface area (Å²) in [5.41, 5.74) is 2.26. The highest BCUT2D eigenvalue weighted by molar-refractivity contribution is 6.38. The van der Waals surface area contributed by atoms with Gasteiger partial charge in [0.2, 0.25) is 5.91 Å². The minimum absolute atomic E-state index is 0.123. The van der Waals surface area contributed by atoms with E-state index in [1.165, 1.54) is 6.33 Å². The van der Waals surface area contributed by atoms with Crippen LogP contribution >= 0.6 is 23.2 Å². The van der Waals surface area contributed by atoms with Gasteiger partial charge < -0.3 is 5.32 Å². The number of anilines is 1. The second-order valence-electron chi connectivity index (χ2n) is 4.04. The van der Waals surface area contributed by atoms with Crippen LogP contribution in [0.1, 0.15) is 11.1 Å². The van der Waals surface area contributed by atoms with E-state index in [-0.39, 0.29) is 28.3 Å². The monoisotopic (exact) mass is 295 g/mol. The maximum Gasteiger partial charge on any atom is 0.228 e. The first-order valence-corrected chi connectivity index (χ1v) is 6.33. The third-order valence-electron chi connectivity index (χ3n) is 2.47. The lowest BCUT2D eigenvalue weighted by atomic mass is 10.1. The Kier molecular flexibility index (Phi) is 4.35. The third-order valence-corrected chi connectivity index (χ3v) is 3.04. The molecule has 0 fully saturated rings. The molecule has 0 atom stereocenters. The molecule has 1 amide bonds. The topological polar surface area (TPSA) is 54.9 Å². The SMILES string of the molecule is Cc1cccc(CC(=O)Nc2c(Cl)ncnc2Cl)c1. The quantitative estimate of drug-likeness (QED) is 0.884. The molecule has 0 aliphatic rings. The highest BCUT2D eigenvalue weighted by Crippen LogP contribution is 2.25. The lowest BCUT2D eigenvalue weighted by Gasteiger charge is -2.08.